The molecule has 2 rings (SSSR count). The smallest absolute Gasteiger partial charge is 0.253 e. The van der Waals surface area contributed by atoms with E-state index in [9.17, 15) is 9.59 Å². The van der Waals surface area contributed by atoms with E-state index in [1.807, 2.05) is 34.7 Å². The van der Waals surface area contributed by atoms with E-state index in [-0.39, 0.29) is 17.9 Å². The molecule has 0 saturated heterocycles. The molecule has 0 saturated carbocycles. The highest BCUT2D eigenvalue weighted by molar-refractivity contribution is 6.31. The summed E-state index contributed by atoms with van der Waals surface area (Å²) in [6.45, 7) is 7.56. The average Bonchev–Trinajstić information content (AvgIpc) is 2.77. The molecule has 26 heavy (non-hydrogen) atoms. The Kier molecular flexibility index (Phi) is 6.21. The third-order valence-corrected chi connectivity index (χ3v) is 4.11. The van der Waals surface area contributed by atoms with Crippen LogP contribution in [0.3, 0.4) is 0 Å². The molecule has 7 heteroatoms. The van der Waals surface area contributed by atoms with Gasteiger partial charge in [-0.15, -0.1) is 0 Å². The minimum Gasteiger partial charge on any atom is -0.350 e. The summed E-state index contributed by atoms with van der Waals surface area (Å²) < 4.78 is 1.76. The number of rotatable bonds is 5. The lowest BCUT2D eigenvalue weighted by molar-refractivity contribution is -0.111. The van der Waals surface area contributed by atoms with Crippen molar-refractivity contribution in [3.8, 4) is 0 Å². The van der Waals surface area contributed by atoms with E-state index in [1.54, 1.807) is 29.0 Å². The van der Waals surface area contributed by atoms with E-state index in [0.717, 1.165) is 17.0 Å². The summed E-state index contributed by atoms with van der Waals surface area (Å²) in [6, 6.07) is 4.75. The molecule has 1 aromatic carbocycles. The van der Waals surface area contributed by atoms with Gasteiger partial charge in [-0.1, -0.05) is 11.6 Å². The van der Waals surface area contributed by atoms with Crippen molar-refractivity contribution in [3.63, 3.8) is 0 Å². The Morgan fingerprint density at radius 3 is 2.54 bits per heavy atom. The zero-order valence-electron chi connectivity index (χ0n) is 15.6. The van der Waals surface area contributed by atoms with E-state index >= 15 is 0 Å². The molecule has 0 radical (unpaired) electrons. The van der Waals surface area contributed by atoms with Gasteiger partial charge in [0.25, 0.3) is 5.91 Å². The molecule has 2 N–H and O–H groups in total. The molecule has 0 atom stereocenters. The molecule has 2 aromatic rings. The average molecular weight is 375 g/mol. The third-order valence-electron chi connectivity index (χ3n) is 3.87. The van der Waals surface area contributed by atoms with E-state index in [0.29, 0.717) is 16.3 Å². The number of hydrogen-bond acceptors (Lipinski definition) is 3. The van der Waals surface area contributed by atoms with Crippen LogP contribution < -0.4 is 10.6 Å². The zero-order valence-corrected chi connectivity index (χ0v) is 16.3. The van der Waals surface area contributed by atoms with Crippen LogP contribution in [0.2, 0.25) is 5.02 Å². The number of aromatic nitrogens is 2. The standard InChI is InChI=1S/C19H23ClN4O2/c1-11(2)21-19(26)16-7-6-14(20)10-17(16)22-18(25)9-8-15-12(3)23-24(5)13(15)4/h6-11H,1-5H3,(H,21,26)(H,22,25)/b9-8+. The summed E-state index contributed by atoms with van der Waals surface area (Å²) >= 11 is 6.02. The van der Waals surface area contributed by atoms with Crippen LogP contribution in [0.4, 0.5) is 5.69 Å². The van der Waals surface area contributed by atoms with Gasteiger partial charge >= 0.3 is 0 Å². The highest BCUT2D eigenvalue weighted by atomic mass is 35.5. The van der Waals surface area contributed by atoms with Gasteiger partial charge in [0, 0.05) is 35.4 Å². The van der Waals surface area contributed by atoms with Crippen molar-refractivity contribution in [2.75, 3.05) is 5.32 Å². The van der Waals surface area contributed by atoms with Crippen molar-refractivity contribution >= 4 is 35.2 Å². The van der Waals surface area contributed by atoms with Gasteiger partial charge in [0.15, 0.2) is 0 Å². The first-order chi connectivity index (χ1) is 12.2. The minimum atomic E-state index is -0.353. The van der Waals surface area contributed by atoms with Crippen LogP contribution in [-0.4, -0.2) is 27.6 Å². The monoisotopic (exact) mass is 374 g/mol. The van der Waals surface area contributed by atoms with Crippen LogP contribution >= 0.6 is 11.6 Å². The first-order valence-corrected chi connectivity index (χ1v) is 8.66. The Morgan fingerprint density at radius 1 is 1.27 bits per heavy atom. The molecule has 0 bridgehead atoms. The van der Waals surface area contributed by atoms with Gasteiger partial charge in [-0.25, -0.2) is 0 Å². The predicted octanol–water partition coefficient (Wildman–Crippen LogP) is 3.48. The zero-order chi connectivity index (χ0) is 19.4. The number of amides is 2. The Labute approximate surface area is 158 Å². The third kappa shape index (κ3) is 4.73. The number of aryl methyl sites for hydroxylation is 2. The van der Waals surface area contributed by atoms with Crippen molar-refractivity contribution in [2.24, 2.45) is 7.05 Å². The van der Waals surface area contributed by atoms with Crippen molar-refractivity contribution < 1.29 is 9.59 Å². The van der Waals surface area contributed by atoms with E-state index in [2.05, 4.69) is 15.7 Å². The van der Waals surface area contributed by atoms with Gasteiger partial charge in [0.2, 0.25) is 5.91 Å². The fourth-order valence-corrected chi connectivity index (χ4v) is 2.69. The summed E-state index contributed by atoms with van der Waals surface area (Å²) in [7, 11) is 1.85. The Hall–Kier alpha value is -2.60. The molecule has 1 aromatic heterocycles. The number of nitrogens with zero attached hydrogens (tertiary/aromatic N) is 2. The number of carbonyl (C=O) groups is 2. The maximum atomic E-state index is 12.3. The maximum absolute atomic E-state index is 12.3. The molecular formula is C19H23ClN4O2. The summed E-state index contributed by atoms with van der Waals surface area (Å²) in [5.74, 6) is -0.622. The number of hydrogen-bond donors (Lipinski definition) is 2. The molecular weight excluding hydrogens is 352 g/mol. The number of benzene rings is 1. The molecule has 2 amide bonds. The summed E-state index contributed by atoms with van der Waals surface area (Å²) in [5.41, 5.74) is 3.43. The van der Waals surface area contributed by atoms with Gasteiger partial charge in [-0.3, -0.25) is 14.3 Å². The fourth-order valence-electron chi connectivity index (χ4n) is 2.52. The predicted molar refractivity (Wildman–Crippen MR) is 104 cm³/mol. The molecule has 1 heterocycles. The topological polar surface area (TPSA) is 76.0 Å². The molecule has 0 unspecified atom stereocenters. The Morgan fingerprint density at radius 2 is 1.96 bits per heavy atom. The Bertz CT molecular complexity index is 869. The first kappa shape index (κ1) is 19.7. The molecule has 0 fully saturated rings. The number of carbonyl (C=O) groups excluding carboxylic acids is 2. The SMILES string of the molecule is Cc1nn(C)c(C)c1/C=C/C(=O)Nc1cc(Cl)ccc1C(=O)NC(C)C. The van der Waals surface area contributed by atoms with Gasteiger partial charge in [-0.2, -0.15) is 5.10 Å². The van der Waals surface area contributed by atoms with Gasteiger partial charge in [-0.05, 0) is 52.0 Å². The van der Waals surface area contributed by atoms with Crippen LogP contribution in [0.1, 0.15) is 41.2 Å². The van der Waals surface area contributed by atoms with Crippen LogP contribution in [0.5, 0.6) is 0 Å². The molecule has 0 aliphatic rings. The normalized spacial score (nSPS) is 11.2. The van der Waals surface area contributed by atoms with Crippen LogP contribution in [-0.2, 0) is 11.8 Å². The Balaban J connectivity index is 2.22. The van der Waals surface area contributed by atoms with Crippen molar-refractivity contribution in [2.45, 2.75) is 33.7 Å². The lowest BCUT2D eigenvalue weighted by atomic mass is 10.1. The fraction of sp³-hybridized carbons (Fsp3) is 0.316. The quantitative estimate of drug-likeness (QED) is 0.786. The molecule has 0 spiro atoms. The summed E-state index contributed by atoms with van der Waals surface area (Å²) in [5, 5.41) is 10.3. The van der Waals surface area contributed by atoms with Gasteiger partial charge in [0.05, 0.1) is 16.9 Å². The van der Waals surface area contributed by atoms with Gasteiger partial charge < -0.3 is 10.6 Å². The van der Waals surface area contributed by atoms with Crippen molar-refractivity contribution in [1.29, 1.82) is 0 Å². The number of nitrogens with one attached hydrogen (secondary N) is 2. The largest absolute Gasteiger partial charge is 0.350 e. The molecule has 138 valence electrons. The molecule has 0 aliphatic carbocycles. The van der Waals surface area contributed by atoms with Crippen LogP contribution in [0.15, 0.2) is 24.3 Å². The molecule has 0 aliphatic heterocycles. The lowest BCUT2D eigenvalue weighted by Gasteiger charge is -2.13. The summed E-state index contributed by atoms with van der Waals surface area (Å²) in [6.07, 6.45) is 3.13. The lowest BCUT2D eigenvalue weighted by Crippen LogP contribution is -2.31. The first-order valence-electron chi connectivity index (χ1n) is 8.28. The second kappa shape index (κ2) is 8.19. The van der Waals surface area contributed by atoms with E-state index < -0.39 is 0 Å². The second-order valence-corrected chi connectivity index (χ2v) is 6.79. The maximum Gasteiger partial charge on any atom is 0.253 e. The number of halogens is 1. The van der Waals surface area contributed by atoms with Crippen molar-refractivity contribution in [1.82, 2.24) is 15.1 Å². The van der Waals surface area contributed by atoms with Crippen LogP contribution in [0.25, 0.3) is 6.08 Å². The van der Waals surface area contributed by atoms with E-state index in [1.165, 1.54) is 6.08 Å². The van der Waals surface area contributed by atoms with Crippen LogP contribution in [0, 0.1) is 13.8 Å². The molecule has 6 nitrogen and oxygen atoms in total. The highest BCUT2D eigenvalue weighted by Crippen LogP contribution is 2.22. The van der Waals surface area contributed by atoms with Crippen molar-refractivity contribution in [3.05, 3.63) is 51.8 Å². The van der Waals surface area contributed by atoms with E-state index in [4.69, 9.17) is 11.6 Å². The summed E-state index contributed by atoms with van der Waals surface area (Å²) in [4.78, 5) is 24.6. The highest BCUT2D eigenvalue weighted by Gasteiger charge is 2.14. The second-order valence-electron chi connectivity index (χ2n) is 6.35. The minimum absolute atomic E-state index is 0.0156. The number of anilines is 1. The van der Waals surface area contributed by atoms with Gasteiger partial charge in [0.1, 0.15) is 0 Å².